The van der Waals surface area contributed by atoms with Crippen LogP contribution >= 0.6 is 11.3 Å². The van der Waals surface area contributed by atoms with Gasteiger partial charge in [-0.05, 0) is 30.2 Å². The monoisotopic (exact) mass is 375 g/mol. The maximum absolute atomic E-state index is 12.6. The number of nitrogens with one attached hydrogen (secondary N) is 1. The standard InChI is InChI=1S/C20H29N3O2S/c1-3-14(2)11-22-12-15-16(13-22)20(21-18(15)24)6-8-23(9-7-20)19(25)17-5-4-10-26-17/h4-5,10,14-16H,3,6-9,11-13H2,1-2H3,(H,21,24)/t14-,15+,16-/m0/s1. The molecule has 2 amide bonds. The molecule has 3 aliphatic rings. The van der Waals surface area contributed by atoms with E-state index >= 15 is 0 Å². The topological polar surface area (TPSA) is 52.7 Å². The van der Waals surface area contributed by atoms with Crippen LogP contribution in [0.4, 0.5) is 0 Å². The van der Waals surface area contributed by atoms with Gasteiger partial charge in [-0.25, -0.2) is 0 Å². The Morgan fingerprint density at radius 2 is 2.15 bits per heavy atom. The molecular weight excluding hydrogens is 346 g/mol. The first-order valence-electron chi connectivity index (χ1n) is 9.89. The van der Waals surface area contributed by atoms with E-state index in [1.807, 2.05) is 22.4 Å². The van der Waals surface area contributed by atoms with Gasteiger partial charge in [-0.3, -0.25) is 9.59 Å². The number of piperidine rings is 1. The van der Waals surface area contributed by atoms with Crippen molar-refractivity contribution in [2.45, 2.75) is 38.6 Å². The molecule has 0 radical (unpaired) electrons. The van der Waals surface area contributed by atoms with Gasteiger partial charge in [0.1, 0.15) is 0 Å². The summed E-state index contributed by atoms with van der Waals surface area (Å²) in [5.74, 6) is 1.59. The third-order valence-corrected chi connectivity index (χ3v) is 7.61. The van der Waals surface area contributed by atoms with Gasteiger partial charge in [0.15, 0.2) is 0 Å². The van der Waals surface area contributed by atoms with Crippen molar-refractivity contribution in [2.75, 3.05) is 32.7 Å². The maximum atomic E-state index is 12.6. The minimum Gasteiger partial charge on any atom is -0.350 e. The Kier molecular flexibility index (Phi) is 4.82. The zero-order valence-electron chi connectivity index (χ0n) is 15.7. The molecule has 4 rings (SSSR count). The predicted molar refractivity (Wildman–Crippen MR) is 103 cm³/mol. The van der Waals surface area contributed by atoms with E-state index in [1.165, 1.54) is 17.8 Å². The summed E-state index contributed by atoms with van der Waals surface area (Å²) in [6.45, 7) is 9.02. The Hall–Kier alpha value is -1.40. The molecule has 1 aromatic heterocycles. The minimum atomic E-state index is -0.0990. The first-order valence-corrected chi connectivity index (χ1v) is 10.8. The number of thiophene rings is 1. The van der Waals surface area contributed by atoms with Gasteiger partial charge in [0.25, 0.3) is 5.91 Å². The van der Waals surface area contributed by atoms with Crippen LogP contribution in [0.25, 0.3) is 0 Å². The molecule has 0 bridgehead atoms. The van der Waals surface area contributed by atoms with Gasteiger partial charge in [0, 0.05) is 44.2 Å². The Morgan fingerprint density at radius 1 is 1.38 bits per heavy atom. The summed E-state index contributed by atoms with van der Waals surface area (Å²) in [4.78, 5) is 30.5. The smallest absolute Gasteiger partial charge is 0.263 e. The molecule has 142 valence electrons. The van der Waals surface area contributed by atoms with Crippen molar-refractivity contribution in [1.29, 1.82) is 0 Å². The summed E-state index contributed by atoms with van der Waals surface area (Å²) in [5, 5.41) is 5.30. The maximum Gasteiger partial charge on any atom is 0.263 e. The first-order chi connectivity index (χ1) is 12.5. The van der Waals surface area contributed by atoms with E-state index in [0.29, 0.717) is 11.8 Å². The van der Waals surface area contributed by atoms with Gasteiger partial charge < -0.3 is 15.1 Å². The van der Waals surface area contributed by atoms with Crippen molar-refractivity contribution in [3.63, 3.8) is 0 Å². The van der Waals surface area contributed by atoms with E-state index < -0.39 is 0 Å². The molecule has 26 heavy (non-hydrogen) atoms. The van der Waals surface area contributed by atoms with Crippen LogP contribution in [-0.2, 0) is 4.79 Å². The van der Waals surface area contributed by atoms with E-state index in [1.54, 1.807) is 0 Å². The number of carbonyl (C=O) groups is 2. The fraction of sp³-hybridized carbons (Fsp3) is 0.700. The fourth-order valence-electron chi connectivity index (χ4n) is 5.02. The second-order valence-electron chi connectivity index (χ2n) is 8.36. The van der Waals surface area contributed by atoms with Crippen LogP contribution in [0.2, 0.25) is 0 Å². The van der Waals surface area contributed by atoms with E-state index in [4.69, 9.17) is 0 Å². The van der Waals surface area contributed by atoms with Gasteiger partial charge in [0.05, 0.1) is 10.8 Å². The van der Waals surface area contributed by atoms with Crippen molar-refractivity contribution in [2.24, 2.45) is 17.8 Å². The third-order valence-electron chi connectivity index (χ3n) is 6.76. The molecule has 1 aromatic rings. The van der Waals surface area contributed by atoms with Crippen LogP contribution in [0, 0.1) is 17.8 Å². The van der Waals surface area contributed by atoms with Crippen LogP contribution in [-0.4, -0.2) is 59.9 Å². The summed E-state index contributed by atoms with van der Waals surface area (Å²) >= 11 is 1.50. The van der Waals surface area contributed by atoms with E-state index in [0.717, 1.165) is 50.4 Å². The number of hydrogen-bond donors (Lipinski definition) is 1. The average Bonchev–Trinajstić information content (AvgIpc) is 3.35. The van der Waals surface area contributed by atoms with E-state index in [9.17, 15) is 9.59 Å². The van der Waals surface area contributed by atoms with E-state index in [2.05, 4.69) is 24.1 Å². The number of rotatable bonds is 4. The second-order valence-corrected chi connectivity index (χ2v) is 9.31. The van der Waals surface area contributed by atoms with Gasteiger partial charge in [-0.1, -0.05) is 26.3 Å². The second kappa shape index (κ2) is 6.97. The highest BCUT2D eigenvalue weighted by molar-refractivity contribution is 7.12. The van der Waals surface area contributed by atoms with Crippen molar-refractivity contribution >= 4 is 23.2 Å². The lowest BCUT2D eigenvalue weighted by Crippen LogP contribution is -2.56. The molecule has 6 heteroatoms. The van der Waals surface area contributed by atoms with Crippen LogP contribution in [0.3, 0.4) is 0 Å². The lowest BCUT2D eigenvalue weighted by molar-refractivity contribution is -0.123. The van der Waals surface area contributed by atoms with Crippen molar-refractivity contribution in [3.05, 3.63) is 22.4 Å². The van der Waals surface area contributed by atoms with Crippen LogP contribution in [0.5, 0.6) is 0 Å². The molecule has 4 heterocycles. The van der Waals surface area contributed by atoms with Gasteiger partial charge in [-0.2, -0.15) is 0 Å². The average molecular weight is 376 g/mol. The Bertz CT molecular complexity index is 667. The van der Waals surface area contributed by atoms with Crippen LogP contribution in [0.15, 0.2) is 17.5 Å². The molecule has 5 nitrogen and oxygen atoms in total. The van der Waals surface area contributed by atoms with Crippen LogP contribution in [0.1, 0.15) is 42.8 Å². The molecular formula is C20H29N3O2S. The molecule has 0 aromatic carbocycles. The number of amides is 2. The summed E-state index contributed by atoms with van der Waals surface area (Å²) in [5.41, 5.74) is -0.0990. The van der Waals surface area contributed by atoms with Gasteiger partial charge in [0.2, 0.25) is 5.91 Å². The fourth-order valence-corrected chi connectivity index (χ4v) is 5.71. The van der Waals surface area contributed by atoms with Crippen molar-refractivity contribution < 1.29 is 9.59 Å². The molecule has 3 saturated heterocycles. The molecule has 0 unspecified atom stereocenters. The molecule has 3 aliphatic heterocycles. The highest BCUT2D eigenvalue weighted by Crippen LogP contribution is 2.44. The summed E-state index contributed by atoms with van der Waals surface area (Å²) in [7, 11) is 0. The van der Waals surface area contributed by atoms with Gasteiger partial charge >= 0.3 is 0 Å². The number of likely N-dealkylation sites (tertiary alicyclic amines) is 2. The van der Waals surface area contributed by atoms with Crippen molar-refractivity contribution in [3.8, 4) is 0 Å². The van der Waals surface area contributed by atoms with Crippen LogP contribution < -0.4 is 5.32 Å². The number of hydrogen-bond acceptors (Lipinski definition) is 4. The summed E-state index contributed by atoms with van der Waals surface area (Å²) in [6.07, 6.45) is 2.95. The number of nitrogens with zero attached hydrogens (tertiary/aromatic N) is 2. The number of carbonyl (C=O) groups excluding carboxylic acids is 2. The van der Waals surface area contributed by atoms with E-state index in [-0.39, 0.29) is 23.3 Å². The molecule has 3 fully saturated rings. The largest absolute Gasteiger partial charge is 0.350 e. The summed E-state index contributed by atoms with van der Waals surface area (Å²) < 4.78 is 0. The Labute approximate surface area is 159 Å². The Morgan fingerprint density at radius 3 is 2.81 bits per heavy atom. The first kappa shape index (κ1) is 18.0. The lowest BCUT2D eigenvalue weighted by Gasteiger charge is -2.42. The zero-order valence-corrected chi connectivity index (χ0v) is 16.6. The highest BCUT2D eigenvalue weighted by atomic mass is 32.1. The normalized spacial score (nSPS) is 29.0. The molecule has 1 N–H and O–H groups in total. The quantitative estimate of drug-likeness (QED) is 0.879. The molecule has 0 aliphatic carbocycles. The molecule has 3 atom stereocenters. The predicted octanol–water partition coefficient (Wildman–Crippen LogP) is 2.45. The lowest BCUT2D eigenvalue weighted by atomic mass is 9.75. The molecule has 0 saturated carbocycles. The van der Waals surface area contributed by atoms with Crippen molar-refractivity contribution in [1.82, 2.24) is 15.1 Å². The Balaban J connectivity index is 1.42. The van der Waals surface area contributed by atoms with Gasteiger partial charge in [-0.15, -0.1) is 11.3 Å². The minimum absolute atomic E-state index is 0.0990. The highest BCUT2D eigenvalue weighted by Gasteiger charge is 2.57. The summed E-state index contributed by atoms with van der Waals surface area (Å²) in [6, 6.07) is 3.82. The third kappa shape index (κ3) is 3.07. The molecule has 1 spiro atoms. The number of fused-ring (bicyclic) bond motifs is 2. The zero-order chi connectivity index (χ0) is 18.3. The SMILES string of the molecule is CC[C@H](C)CN1C[C@H]2C(=O)NC3(CCN(C(=O)c4cccs4)CC3)[C@H]2C1.